The number of Topliss-reactive ketones (excluding diaryl/α,β-unsaturated/α-hetero) is 1. The van der Waals surface area contributed by atoms with Crippen molar-refractivity contribution in [3.05, 3.63) is 64.2 Å². The van der Waals surface area contributed by atoms with Gasteiger partial charge in [0, 0.05) is 16.3 Å². The lowest BCUT2D eigenvalue weighted by Crippen LogP contribution is -1.91. The summed E-state index contributed by atoms with van der Waals surface area (Å²) < 4.78 is 0. The van der Waals surface area contributed by atoms with Crippen LogP contribution in [0.5, 0.6) is 0 Å². The molecule has 104 valence electrons. The molecular weight excluding hydrogens is 270 g/mol. The van der Waals surface area contributed by atoms with Gasteiger partial charge in [-0.2, -0.15) is 0 Å². The van der Waals surface area contributed by atoms with Crippen LogP contribution < -0.4 is 5.73 Å². The third-order valence-corrected chi connectivity index (χ3v) is 3.61. The van der Waals surface area contributed by atoms with E-state index in [0.29, 0.717) is 11.3 Å². The van der Waals surface area contributed by atoms with Crippen molar-refractivity contribution in [2.75, 3.05) is 5.73 Å². The van der Waals surface area contributed by atoms with Gasteiger partial charge in [-0.25, -0.2) is 0 Å². The Labute approximate surface area is 124 Å². The number of aryl methyl sites for hydroxylation is 2. The van der Waals surface area contributed by atoms with Gasteiger partial charge in [-0.05, 0) is 73.7 Å². The topological polar surface area (TPSA) is 43.1 Å². The van der Waals surface area contributed by atoms with Gasteiger partial charge in [0.1, 0.15) is 0 Å². The van der Waals surface area contributed by atoms with Gasteiger partial charge >= 0.3 is 0 Å². The highest BCUT2D eigenvalue weighted by Crippen LogP contribution is 2.24. The summed E-state index contributed by atoms with van der Waals surface area (Å²) in [6.07, 6.45) is 3.76. The third-order valence-electron chi connectivity index (χ3n) is 3.38. The first-order valence-electron chi connectivity index (χ1n) is 6.70. The predicted molar refractivity (Wildman–Crippen MR) is 84.3 cm³/mol. The average Bonchev–Trinajstić information content (AvgIpc) is 2.87. The smallest absolute Gasteiger partial charge is 0.159 e. The monoisotopic (exact) mass is 287 g/mol. The van der Waals surface area contributed by atoms with Crippen LogP contribution >= 0.6 is 11.6 Å². The molecule has 0 amide bonds. The maximum absolute atomic E-state index is 10.7. The predicted octanol–water partition coefficient (Wildman–Crippen LogP) is 4.30. The molecule has 3 rings (SSSR count). The fourth-order valence-corrected chi connectivity index (χ4v) is 2.45. The number of nitrogen functional groups attached to an aromatic ring is 1. The zero-order valence-corrected chi connectivity index (χ0v) is 12.3. The van der Waals surface area contributed by atoms with Gasteiger partial charge in [-0.3, -0.25) is 4.79 Å². The molecule has 1 aliphatic carbocycles. The van der Waals surface area contributed by atoms with Crippen LogP contribution in [0.25, 0.3) is 0 Å². The van der Waals surface area contributed by atoms with E-state index < -0.39 is 0 Å². The number of nitrogens with two attached hydrogens (primary N) is 1. The fraction of sp³-hybridized carbons (Fsp3) is 0.235. The van der Waals surface area contributed by atoms with Gasteiger partial charge in [0.15, 0.2) is 5.78 Å². The minimum absolute atomic E-state index is 0.0694. The number of anilines is 1. The Balaban J connectivity index is 0.000000147. The lowest BCUT2D eigenvalue weighted by atomic mass is 10.1. The molecule has 0 fully saturated rings. The lowest BCUT2D eigenvalue weighted by molar-refractivity contribution is 0.101. The maximum atomic E-state index is 10.7. The molecule has 2 nitrogen and oxygen atoms in total. The Morgan fingerprint density at radius 2 is 1.70 bits per heavy atom. The zero-order valence-electron chi connectivity index (χ0n) is 11.5. The summed E-state index contributed by atoms with van der Waals surface area (Å²) in [7, 11) is 0. The second-order valence-electron chi connectivity index (χ2n) is 4.94. The highest BCUT2D eigenvalue weighted by atomic mass is 35.5. The molecule has 2 N–H and O–H groups in total. The molecule has 1 aliphatic rings. The van der Waals surface area contributed by atoms with Crippen molar-refractivity contribution < 1.29 is 4.79 Å². The first kappa shape index (κ1) is 14.6. The normalized spacial score (nSPS) is 12.3. The molecule has 0 radical (unpaired) electrons. The maximum Gasteiger partial charge on any atom is 0.159 e. The average molecular weight is 288 g/mol. The van der Waals surface area contributed by atoms with Gasteiger partial charge in [-0.15, -0.1) is 0 Å². The SMILES string of the molecule is CC(=O)c1ccc(N)cc1.Clc1ccc2c(c1)CCC2. The van der Waals surface area contributed by atoms with E-state index >= 15 is 0 Å². The number of benzene rings is 2. The number of carbonyl (C=O) groups is 1. The molecule has 0 aliphatic heterocycles. The van der Waals surface area contributed by atoms with E-state index in [1.165, 1.54) is 37.3 Å². The minimum Gasteiger partial charge on any atom is -0.399 e. The highest BCUT2D eigenvalue weighted by Gasteiger charge is 2.09. The van der Waals surface area contributed by atoms with E-state index in [2.05, 4.69) is 12.1 Å². The van der Waals surface area contributed by atoms with Crippen LogP contribution in [0.15, 0.2) is 42.5 Å². The molecule has 2 aromatic carbocycles. The molecule has 20 heavy (non-hydrogen) atoms. The first-order valence-corrected chi connectivity index (χ1v) is 7.08. The second kappa shape index (κ2) is 6.58. The number of rotatable bonds is 1. The largest absolute Gasteiger partial charge is 0.399 e. The first-order chi connectivity index (χ1) is 9.56. The Bertz CT molecular complexity index is 605. The van der Waals surface area contributed by atoms with E-state index in [-0.39, 0.29) is 5.78 Å². The standard InChI is InChI=1S/C9H9Cl.C8H9NO/c10-9-5-4-7-2-1-3-8(7)6-9;1-6(10)7-2-4-8(9)5-3-7/h4-6H,1-3H2;2-5H,9H2,1H3. The molecule has 0 bridgehead atoms. The number of hydrogen-bond donors (Lipinski definition) is 1. The van der Waals surface area contributed by atoms with E-state index in [1.807, 2.05) is 6.07 Å². The van der Waals surface area contributed by atoms with Crippen molar-refractivity contribution in [2.24, 2.45) is 0 Å². The van der Waals surface area contributed by atoms with Crippen LogP contribution in [0.2, 0.25) is 5.02 Å². The van der Waals surface area contributed by atoms with Crippen molar-refractivity contribution in [1.82, 2.24) is 0 Å². The third kappa shape index (κ3) is 3.84. The second-order valence-corrected chi connectivity index (χ2v) is 5.38. The van der Waals surface area contributed by atoms with Crippen LogP contribution in [0, 0.1) is 0 Å². The Hall–Kier alpha value is -1.80. The van der Waals surface area contributed by atoms with Crippen LogP contribution in [0.1, 0.15) is 34.8 Å². The van der Waals surface area contributed by atoms with Crippen LogP contribution in [0.4, 0.5) is 5.69 Å². The molecule has 0 spiro atoms. The van der Waals surface area contributed by atoms with Gasteiger partial charge in [0.2, 0.25) is 0 Å². The van der Waals surface area contributed by atoms with Gasteiger partial charge < -0.3 is 5.73 Å². The van der Waals surface area contributed by atoms with Crippen LogP contribution in [-0.2, 0) is 12.8 Å². The number of ketones is 1. The van der Waals surface area contributed by atoms with Gasteiger partial charge in [0.05, 0.1) is 0 Å². The van der Waals surface area contributed by atoms with Crippen LogP contribution in [-0.4, -0.2) is 5.78 Å². The van der Waals surface area contributed by atoms with Crippen molar-refractivity contribution in [3.8, 4) is 0 Å². The Kier molecular flexibility index (Phi) is 4.80. The molecule has 0 unspecified atom stereocenters. The Morgan fingerprint density at radius 3 is 2.35 bits per heavy atom. The summed E-state index contributed by atoms with van der Waals surface area (Å²) in [5, 5.41) is 0.876. The van der Waals surface area contributed by atoms with Crippen molar-refractivity contribution in [1.29, 1.82) is 0 Å². The summed E-state index contributed by atoms with van der Waals surface area (Å²) in [5.74, 6) is 0.0694. The fourth-order valence-electron chi connectivity index (χ4n) is 2.26. The molecule has 3 heteroatoms. The number of fused-ring (bicyclic) bond motifs is 1. The van der Waals surface area contributed by atoms with Crippen molar-refractivity contribution in [3.63, 3.8) is 0 Å². The summed E-state index contributed by atoms with van der Waals surface area (Å²) in [6.45, 7) is 1.53. The van der Waals surface area contributed by atoms with E-state index in [1.54, 1.807) is 24.3 Å². The van der Waals surface area contributed by atoms with Gasteiger partial charge in [-0.1, -0.05) is 17.7 Å². The summed E-state index contributed by atoms with van der Waals surface area (Å²) >= 11 is 5.82. The summed E-state index contributed by atoms with van der Waals surface area (Å²) in [5.41, 5.74) is 9.75. The molecule has 0 saturated carbocycles. The van der Waals surface area contributed by atoms with Crippen molar-refractivity contribution in [2.45, 2.75) is 26.2 Å². The minimum atomic E-state index is 0.0694. The van der Waals surface area contributed by atoms with E-state index in [0.717, 1.165) is 5.02 Å². The molecule has 0 atom stereocenters. The molecular formula is C17H18ClNO. The molecule has 2 aromatic rings. The Morgan fingerprint density at radius 1 is 1.05 bits per heavy atom. The quantitative estimate of drug-likeness (QED) is 0.628. The summed E-state index contributed by atoms with van der Waals surface area (Å²) in [4.78, 5) is 10.7. The van der Waals surface area contributed by atoms with E-state index in [4.69, 9.17) is 17.3 Å². The molecule has 0 aromatic heterocycles. The number of halogens is 1. The number of carbonyl (C=O) groups excluding carboxylic acids is 1. The number of hydrogen-bond acceptors (Lipinski definition) is 2. The van der Waals surface area contributed by atoms with E-state index in [9.17, 15) is 4.79 Å². The lowest BCUT2D eigenvalue weighted by Gasteiger charge is -1.96. The van der Waals surface area contributed by atoms with Crippen molar-refractivity contribution >= 4 is 23.1 Å². The van der Waals surface area contributed by atoms with Gasteiger partial charge in [0.25, 0.3) is 0 Å². The molecule has 0 saturated heterocycles. The zero-order chi connectivity index (χ0) is 14.5. The summed E-state index contributed by atoms with van der Waals surface area (Å²) in [6, 6.07) is 13.1. The molecule has 0 heterocycles. The van der Waals surface area contributed by atoms with Crippen LogP contribution in [0.3, 0.4) is 0 Å². The highest BCUT2D eigenvalue weighted by molar-refractivity contribution is 6.30.